The molecule has 0 aromatic heterocycles. The third-order valence-electron chi connectivity index (χ3n) is 1.82. The van der Waals surface area contributed by atoms with Gasteiger partial charge >= 0.3 is 5.97 Å². The van der Waals surface area contributed by atoms with E-state index in [1.54, 1.807) is 0 Å². The van der Waals surface area contributed by atoms with E-state index in [4.69, 9.17) is 4.74 Å². The Labute approximate surface area is 82.9 Å². The van der Waals surface area contributed by atoms with Crippen LogP contribution in [0.3, 0.4) is 0 Å². The lowest BCUT2D eigenvalue weighted by atomic mass is 9.84. The molecule has 1 aliphatic heterocycles. The number of ether oxygens (including phenoxy) is 1. The summed E-state index contributed by atoms with van der Waals surface area (Å²) < 4.78 is 4.96. The Kier molecular flexibility index (Phi) is 2.64. The van der Waals surface area contributed by atoms with Crippen LogP contribution < -0.4 is 0 Å². The SMILES string of the molecule is CC1(C)CC(=O)O[C@@H](Br)[C@@H]1Br. The second kappa shape index (κ2) is 3.05. The van der Waals surface area contributed by atoms with Crippen LogP contribution in [0.4, 0.5) is 0 Å². The lowest BCUT2D eigenvalue weighted by Gasteiger charge is -2.36. The molecule has 4 heteroatoms. The number of halogens is 2. The van der Waals surface area contributed by atoms with Crippen LogP contribution in [-0.4, -0.2) is 15.8 Å². The van der Waals surface area contributed by atoms with Crippen LogP contribution in [-0.2, 0) is 9.53 Å². The van der Waals surface area contributed by atoms with Gasteiger partial charge in [0.15, 0.2) is 5.01 Å². The van der Waals surface area contributed by atoms with Crippen LogP contribution in [0.25, 0.3) is 0 Å². The van der Waals surface area contributed by atoms with E-state index in [9.17, 15) is 4.79 Å². The highest BCUT2D eigenvalue weighted by Gasteiger charge is 2.41. The Morgan fingerprint density at radius 2 is 2.09 bits per heavy atom. The minimum atomic E-state index is -0.196. The van der Waals surface area contributed by atoms with Gasteiger partial charge in [-0.2, -0.15) is 0 Å². The molecule has 0 saturated carbocycles. The van der Waals surface area contributed by atoms with E-state index in [0.29, 0.717) is 6.42 Å². The van der Waals surface area contributed by atoms with E-state index in [1.165, 1.54) is 0 Å². The van der Waals surface area contributed by atoms with Crippen LogP contribution in [0.15, 0.2) is 0 Å². The normalized spacial score (nSPS) is 36.5. The molecular formula is C7H10Br2O2. The van der Waals surface area contributed by atoms with Gasteiger partial charge in [0.1, 0.15) is 0 Å². The van der Waals surface area contributed by atoms with E-state index < -0.39 is 0 Å². The molecule has 0 amide bonds. The second-order valence-corrected chi connectivity index (χ2v) is 5.30. The molecule has 2 nitrogen and oxygen atoms in total. The summed E-state index contributed by atoms with van der Waals surface area (Å²) >= 11 is 6.76. The molecule has 1 aliphatic rings. The molecule has 0 N–H and O–H groups in total. The maximum atomic E-state index is 11.0. The first-order valence-electron chi connectivity index (χ1n) is 3.41. The van der Waals surface area contributed by atoms with Gasteiger partial charge in [0.25, 0.3) is 0 Å². The van der Waals surface area contributed by atoms with Gasteiger partial charge in [-0.1, -0.05) is 29.8 Å². The number of cyclic esters (lactones) is 1. The molecule has 0 bridgehead atoms. The molecule has 11 heavy (non-hydrogen) atoms. The van der Waals surface area contributed by atoms with Crippen LogP contribution in [0, 0.1) is 5.41 Å². The summed E-state index contributed by atoms with van der Waals surface area (Å²) in [7, 11) is 0. The Morgan fingerprint density at radius 3 is 2.55 bits per heavy atom. The Hall–Kier alpha value is 0.430. The summed E-state index contributed by atoms with van der Waals surface area (Å²) in [5.41, 5.74) is -0.0243. The van der Waals surface area contributed by atoms with Crippen molar-refractivity contribution >= 4 is 37.8 Å². The summed E-state index contributed by atoms with van der Waals surface area (Å²) in [6.45, 7) is 4.09. The van der Waals surface area contributed by atoms with E-state index in [-0.39, 0.29) is 21.2 Å². The van der Waals surface area contributed by atoms with Crippen molar-refractivity contribution in [3.63, 3.8) is 0 Å². The molecule has 0 aromatic carbocycles. The topological polar surface area (TPSA) is 26.3 Å². The lowest BCUT2D eigenvalue weighted by molar-refractivity contribution is -0.152. The fraction of sp³-hybridized carbons (Fsp3) is 0.857. The van der Waals surface area contributed by atoms with Gasteiger partial charge in [-0.25, -0.2) is 0 Å². The standard InChI is InChI=1S/C7H10Br2O2/c1-7(2)3-4(10)11-6(9)5(7)8/h5-6H,3H2,1-2H3/t5-,6+/m0/s1. The maximum Gasteiger partial charge on any atom is 0.307 e. The van der Waals surface area contributed by atoms with Crippen molar-refractivity contribution in [2.45, 2.75) is 30.1 Å². The molecule has 0 unspecified atom stereocenters. The lowest BCUT2D eigenvalue weighted by Crippen LogP contribution is -2.41. The van der Waals surface area contributed by atoms with Gasteiger partial charge in [-0.05, 0) is 21.3 Å². The minimum absolute atomic E-state index is 0.0243. The average molecular weight is 286 g/mol. The van der Waals surface area contributed by atoms with E-state index in [1.807, 2.05) is 13.8 Å². The highest BCUT2D eigenvalue weighted by Crippen LogP contribution is 2.40. The third-order valence-corrected chi connectivity index (χ3v) is 4.97. The van der Waals surface area contributed by atoms with Crippen LogP contribution in [0.2, 0.25) is 0 Å². The molecule has 1 heterocycles. The molecule has 0 radical (unpaired) electrons. The Morgan fingerprint density at radius 1 is 1.55 bits per heavy atom. The van der Waals surface area contributed by atoms with Gasteiger partial charge in [-0.3, -0.25) is 4.79 Å². The molecule has 1 rings (SSSR count). The molecule has 2 atom stereocenters. The number of hydrogen-bond donors (Lipinski definition) is 0. The summed E-state index contributed by atoms with van der Waals surface area (Å²) in [6, 6.07) is 0. The van der Waals surface area contributed by atoms with E-state index in [2.05, 4.69) is 31.9 Å². The predicted molar refractivity (Wildman–Crippen MR) is 49.9 cm³/mol. The summed E-state index contributed by atoms with van der Waals surface area (Å²) in [4.78, 5) is 11.1. The van der Waals surface area contributed by atoms with Crippen LogP contribution in [0.5, 0.6) is 0 Å². The molecular weight excluding hydrogens is 276 g/mol. The summed E-state index contributed by atoms with van der Waals surface area (Å²) in [5, 5.41) is -0.196. The molecule has 1 saturated heterocycles. The highest BCUT2D eigenvalue weighted by atomic mass is 79.9. The fourth-order valence-corrected chi connectivity index (χ4v) is 2.25. The predicted octanol–water partition coefficient (Wildman–Crippen LogP) is 2.44. The van der Waals surface area contributed by atoms with Gasteiger partial charge in [0.2, 0.25) is 0 Å². The van der Waals surface area contributed by atoms with Gasteiger partial charge in [0.05, 0.1) is 11.2 Å². The summed E-state index contributed by atoms with van der Waals surface area (Å²) in [5.74, 6) is -0.132. The molecule has 0 spiro atoms. The zero-order valence-electron chi connectivity index (χ0n) is 6.43. The van der Waals surface area contributed by atoms with E-state index >= 15 is 0 Å². The Balaban J connectivity index is 2.75. The zero-order valence-corrected chi connectivity index (χ0v) is 9.61. The first-order valence-corrected chi connectivity index (χ1v) is 5.24. The van der Waals surface area contributed by atoms with Crippen molar-refractivity contribution in [1.82, 2.24) is 0 Å². The number of rotatable bonds is 0. The smallest absolute Gasteiger partial charge is 0.307 e. The quantitative estimate of drug-likeness (QED) is 0.505. The number of carbonyl (C=O) groups excluding carboxylic acids is 1. The highest BCUT2D eigenvalue weighted by molar-refractivity contribution is 9.12. The largest absolute Gasteiger partial charge is 0.449 e. The molecule has 1 fully saturated rings. The second-order valence-electron chi connectivity index (χ2n) is 3.41. The zero-order chi connectivity index (χ0) is 8.65. The maximum absolute atomic E-state index is 11.0. The van der Waals surface area contributed by atoms with Crippen LogP contribution in [0.1, 0.15) is 20.3 Å². The molecule has 0 aliphatic carbocycles. The number of esters is 1. The van der Waals surface area contributed by atoms with Crippen molar-refractivity contribution in [2.75, 3.05) is 0 Å². The number of carbonyl (C=O) groups is 1. The fourth-order valence-electron chi connectivity index (χ4n) is 1.05. The van der Waals surface area contributed by atoms with Crippen molar-refractivity contribution in [3.8, 4) is 0 Å². The first-order chi connectivity index (χ1) is 4.93. The van der Waals surface area contributed by atoms with Crippen molar-refractivity contribution in [3.05, 3.63) is 0 Å². The van der Waals surface area contributed by atoms with Crippen LogP contribution >= 0.6 is 31.9 Å². The monoisotopic (exact) mass is 284 g/mol. The van der Waals surface area contributed by atoms with E-state index in [0.717, 1.165) is 0 Å². The Bertz CT molecular complexity index is 179. The molecule has 0 aromatic rings. The van der Waals surface area contributed by atoms with Crippen molar-refractivity contribution in [2.24, 2.45) is 5.41 Å². The molecule has 64 valence electrons. The third kappa shape index (κ3) is 1.96. The number of alkyl halides is 2. The van der Waals surface area contributed by atoms with Gasteiger partial charge in [-0.15, -0.1) is 0 Å². The van der Waals surface area contributed by atoms with Crippen molar-refractivity contribution in [1.29, 1.82) is 0 Å². The van der Waals surface area contributed by atoms with Gasteiger partial charge < -0.3 is 4.74 Å². The average Bonchev–Trinajstić information content (AvgIpc) is 1.81. The summed E-state index contributed by atoms with van der Waals surface area (Å²) in [6.07, 6.45) is 0.477. The minimum Gasteiger partial charge on any atom is -0.449 e. The van der Waals surface area contributed by atoms with Gasteiger partial charge in [0, 0.05) is 0 Å². The first kappa shape index (κ1) is 9.52. The number of hydrogen-bond acceptors (Lipinski definition) is 2. The van der Waals surface area contributed by atoms with Crippen molar-refractivity contribution < 1.29 is 9.53 Å².